The first-order valence-corrected chi connectivity index (χ1v) is 5.37. The second-order valence-electron chi connectivity index (χ2n) is 4.35. The van der Waals surface area contributed by atoms with Gasteiger partial charge in [0.1, 0.15) is 5.82 Å². The van der Waals surface area contributed by atoms with Crippen LogP contribution in [0.3, 0.4) is 0 Å². The average molecular weight is 195 g/mol. The molecule has 0 saturated carbocycles. The van der Waals surface area contributed by atoms with Crippen LogP contribution in [0.4, 0.5) is 0 Å². The van der Waals surface area contributed by atoms with Crippen molar-refractivity contribution in [3.63, 3.8) is 0 Å². The highest BCUT2D eigenvalue weighted by Gasteiger charge is 2.14. The lowest BCUT2D eigenvalue weighted by Crippen LogP contribution is -2.40. The molecular weight excluding hydrogens is 174 g/mol. The van der Waals surface area contributed by atoms with Crippen molar-refractivity contribution in [2.45, 2.75) is 45.6 Å². The van der Waals surface area contributed by atoms with Gasteiger partial charge in [-0.15, -0.1) is 0 Å². The molecule has 0 unspecified atom stereocenters. The van der Waals surface area contributed by atoms with E-state index >= 15 is 0 Å². The quantitative estimate of drug-likeness (QED) is 0.730. The lowest BCUT2D eigenvalue weighted by atomic mass is 9.99. The Kier molecular flexibility index (Phi) is 4.14. The predicted octanol–water partition coefficient (Wildman–Crippen LogP) is 2.12. The molecule has 0 aliphatic carbocycles. The van der Waals surface area contributed by atoms with Gasteiger partial charge in [-0.05, 0) is 20.3 Å². The zero-order valence-corrected chi connectivity index (χ0v) is 9.43. The number of nitrogens with one attached hydrogen (secondary N) is 2. The number of nitrogens with zero attached hydrogens (tertiary/aromatic N) is 1. The molecule has 0 saturated heterocycles. The van der Waals surface area contributed by atoms with E-state index in [0.717, 1.165) is 18.8 Å². The number of rotatable bonds is 6. The van der Waals surface area contributed by atoms with Gasteiger partial charge in [0.05, 0.1) is 0 Å². The van der Waals surface area contributed by atoms with Crippen molar-refractivity contribution < 1.29 is 0 Å². The minimum atomic E-state index is 0.251. The first-order valence-electron chi connectivity index (χ1n) is 5.37. The van der Waals surface area contributed by atoms with E-state index in [4.69, 9.17) is 0 Å². The lowest BCUT2D eigenvalue weighted by molar-refractivity contribution is 0.360. The normalized spacial score (nSPS) is 11.9. The molecule has 80 valence electrons. The Balaban J connectivity index is 2.20. The summed E-state index contributed by atoms with van der Waals surface area (Å²) in [5.74, 6) is 1.06. The third-order valence-corrected chi connectivity index (χ3v) is 2.40. The van der Waals surface area contributed by atoms with E-state index in [2.05, 4.69) is 36.1 Å². The lowest BCUT2D eigenvalue weighted by Gasteiger charge is -2.25. The van der Waals surface area contributed by atoms with Crippen molar-refractivity contribution in [1.82, 2.24) is 15.3 Å². The fourth-order valence-corrected chi connectivity index (χ4v) is 1.67. The van der Waals surface area contributed by atoms with Gasteiger partial charge in [0.15, 0.2) is 0 Å². The summed E-state index contributed by atoms with van der Waals surface area (Å²) in [6.07, 6.45) is 7.07. The van der Waals surface area contributed by atoms with Crippen molar-refractivity contribution in [1.29, 1.82) is 0 Å². The summed E-state index contributed by atoms with van der Waals surface area (Å²) in [5, 5.41) is 3.54. The zero-order valence-electron chi connectivity index (χ0n) is 9.43. The van der Waals surface area contributed by atoms with Gasteiger partial charge in [0.2, 0.25) is 0 Å². The topological polar surface area (TPSA) is 40.7 Å². The van der Waals surface area contributed by atoms with Crippen LogP contribution < -0.4 is 5.32 Å². The molecule has 0 aliphatic rings. The smallest absolute Gasteiger partial charge is 0.107 e. The van der Waals surface area contributed by atoms with E-state index in [1.807, 2.05) is 6.20 Å². The van der Waals surface area contributed by atoms with E-state index in [0.29, 0.717) is 0 Å². The van der Waals surface area contributed by atoms with Crippen LogP contribution in [-0.2, 0) is 6.42 Å². The summed E-state index contributed by atoms with van der Waals surface area (Å²) in [6, 6.07) is 0. The monoisotopic (exact) mass is 195 g/mol. The van der Waals surface area contributed by atoms with Gasteiger partial charge in [-0.2, -0.15) is 0 Å². The molecular formula is C11H21N3. The summed E-state index contributed by atoms with van der Waals surface area (Å²) in [6.45, 7) is 7.70. The molecule has 3 nitrogen and oxygen atoms in total. The molecule has 14 heavy (non-hydrogen) atoms. The Morgan fingerprint density at radius 3 is 2.86 bits per heavy atom. The number of H-pyrrole nitrogens is 1. The molecule has 0 atom stereocenters. The minimum absolute atomic E-state index is 0.251. The summed E-state index contributed by atoms with van der Waals surface area (Å²) < 4.78 is 0. The maximum Gasteiger partial charge on any atom is 0.107 e. The molecule has 0 amide bonds. The van der Waals surface area contributed by atoms with Crippen molar-refractivity contribution in [3.05, 3.63) is 18.2 Å². The molecule has 3 heteroatoms. The standard InChI is InChI=1S/C11H21N3/c1-4-6-11(2,3)14-7-5-10-12-8-9-13-10/h8-9,14H,4-7H2,1-3H3,(H,12,13). The van der Waals surface area contributed by atoms with Crippen molar-refractivity contribution >= 4 is 0 Å². The second kappa shape index (κ2) is 5.15. The van der Waals surface area contributed by atoms with Gasteiger partial charge < -0.3 is 10.3 Å². The van der Waals surface area contributed by atoms with Crippen molar-refractivity contribution in [3.8, 4) is 0 Å². The van der Waals surface area contributed by atoms with E-state index < -0.39 is 0 Å². The molecule has 1 aromatic rings. The Bertz CT molecular complexity index is 239. The van der Waals surface area contributed by atoms with E-state index in [1.165, 1.54) is 12.8 Å². The average Bonchev–Trinajstić information content (AvgIpc) is 2.56. The maximum absolute atomic E-state index is 4.19. The van der Waals surface area contributed by atoms with Crippen LogP contribution >= 0.6 is 0 Å². The van der Waals surface area contributed by atoms with Crippen LogP contribution in [0.15, 0.2) is 12.4 Å². The SMILES string of the molecule is CCCC(C)(C)NCCc1ncc[nH]1. The van der Waals surface area contributed by atoms with Crippen LogP contribution in [0.5, 0.6) is 0 Å². The van der Waals surface area contributed by atoms with E-state index in [-0.39, 0.29) is 5.54 Å². The first-order chi connectivity index (χ1) is 6.64. The van der Waals surface area contributed by atoms with E-state index in [1.54, 1.807) is 6.20 Å². The number of aromatic amines is 1. The van der Waals surface area contributed by atoms with E-state index in [9.17, 15) is 0 Å². The third-order valence-electron chi connectivity index (χ3n) is 2.40. The molecule has 0 bridgehead atoms. The highest BCUT2D eigenvalue weighted by Crippen LogP contribution is 2.10. The van der Waals surface area contributed by atoms with Crippen molar-refractivity contribution in [2.24, 2.45) is 0 Å². The summed E-state index contributed by atoms with van der Waals surface area (Å²) >= 11 is 0. The molecule has 0 aromatic carbocycles. The van der Waals surface area contributed by atoms with Crippen molar-refractivity contribution in [2.75, 3.05) is 6.54 Å². The van der Waals surface area contributed by atoms with Crippen LogP contribution in [0.2, 0.25) is 0 Å². The summed E-state index contributed by atoms with van der Waals surface area (Å²) in [4.78, 5) is 7.29. The summed E-state index contributed by atoms with van der Waals surface area (Å²) in [7, 11) is 0. The zero-order chi connectivity index (χ0) is 10.4. The van der Waals surface area contributed by atoms with Crippen LogP contribution in [0.1, 0.15) is 39.4 Å². The Morgan fingerprint density at radius 2 is 2.29 bits per heavy atom. The Labute approximate surface area is 86.3 Å². The molecule has 0 fully saturated rings. The number of hydrogen-bond donors (Lipinski definition) is 2. The van der Waals surface area contributed by atoms with Gasteiger partial charge in [-0.25, -0.2) is 4.98 Å². The molecule has 1 rings (SSSR count). The molecule has 1 heterocycles. The van der Waals surface area contributed by atoms with Gasteiger partial charge >= 0.3 is 0 Å². The largest absolute Gasteiger partial charge is 0.349 e. The fraction of sp³-hybridized carbons (Fsp3) is 0.727. The second-order valence-corrected chi connectivity index (χ2v) is 4.35. The van der Waals surface area contributed by atoms with Gasteiger partial charge in [0, 0.05) is 30.9 Å². The summed E-state index contributed by atoms with van der Waals surface area (Å²) in [5.41, 5.74) is 0.251. The van der Waals surface area contributed by atoms with Crippen LogP contribution in [0.25, 0.3) is 0 Å². The van der Waals surface area contributed by atoms with Gasteiger partial charge in [0.25, 0.3) is 0 Å². The third kappa shape index (κ3) is 3.92. The Hall–Kier alpha value is -0.830. The molecule has 2 N–H and O–H groups in total. The maximum atomic E-state index is 4.19. The minimum Gasteiger partial charge on any atom is -0.349 e. The van der Waals surface area contributed by atoms with Gasteiger partial charge in [-0.3, -0.25) is 0 Å². The molecule has 0 radical (unpaired) electrons. The molecule has 0 aliphatic heterocycles. The number of imidazole rings is 1. The van der Waals surface area contributed by atoms with Gasteiger partial charge in [-0.1, -0.05) is 13.3 Å². The molecule has 0 spiro atoms. The first kappa shape index (κ1) is 11.2. The highest BCUT2D eigenvalue weighted by molar-refractivity contribution is 4.88. The fourth-order valence-electron chi connectivity index (χ4n) is 1.67. The molecule has 1 aromatic heterocycles. The van der Waals surface area contributed by atoms with Crippen LogP contribution in [-0.4, -0.2) is 22.1 Å². The highest BCUT2D eigenvalue weighted by atomic mass is 15.0. The number of aromatic nitrogens is 2. The predicted molar refractivity (Wildman–Crippen MR) is 59.3 cm³/mol. The Morgan fingerprint density at radius 1 is 1.50 bits per heavy atom. The van der Waals surface area contributed by atoms with Crippen LogP contribution in [0, 0.1) is 0 Å². The number of hydrogen-bond acceptors (Lipinski definition) is 2.